The van der Waals surface area contributed by atoms with Crippen molar-refractivity contribution in [3.8, 4) is 27.9 Å². The number of nitrogens with zero attached hydrogens (tertiary/aromatic N) is 3. The van der Waals surface area contributed by atoms with Gasteiger partial charge in [0.15, 0.2) is 0 Å². The largest absolute Gasteiger partial charge is 0.335 e. The van der Waals surface area contributed by atoms with Gasteiger partial charge in [-0.3, -0.25) is 4.98 Å². The minimum absolute atomic E-state index is 0.186. The van der Waals surface area contributed by atoms with E-state index in [1.807, 2.05) is 12.4 Å². The van der Waals surface area contributed by atoms with Gasteiger partial charge in [0, 0.05) is 57.4 Å². The van der Waals surface area contributed by atoms with E-state index in [1.165, 1.54) is 49.9 Å². The number of aromatic nitrogens is 2. The topological polar surface area (TPSA) is 21.1 Å². The Morgan fingerprint density at radius 3 is 2.15 bits per heavy atom. The maximum atomic E-state index is 4.75. The first-order valence-corrected chi connectivity index (χ1v) is 16.4. The fraction of sp³-hybridized carbons (Fsp3) is 0.114. The van der Waals surface area contributed by atoms with E-state index < -0.39 is 0 Å². The summed E-state index contributed by atoms with van der Waals surface area (Å²) in [6.07, 6.45) is 11.7. The van der Waals surface area contributed by atoms with E-state index >= 15 is 0 Å². The van der Waals surface area contributed by atoms with Crippen molar-refractivity contribution in [2.24, 2.45) is 0 Å². The van der Waals surface area contributed by atoms with Crippen LogP contribution in [0.5, 0.6) is 0 Å². The van der Waals surface area contributed by atoms with Gasteiger partial charge in [-0.2, -0.15) is 0 Å². The van der Waals surface area contributed by atoms with Crippen LogP contribution in [0.15, 0.2) is 158 Å². The summed E-state index contributed by atoms with van der Waals surface area (Å²) in [5, 5.41) is 2.54. The van der Waals surface area contributed by atoms with E-state index in [0.717, 1.165) is 34.4 Å². The van der Waals surface area contributed by atoms with E-state index in [9.17, 15) is 0 Å². The molecule has 0 amide bonds. The van der Waals surface area contributed by atoms with Gasteiger partial charge in [0.05, 0.1) is 11.0 Å². The molecule has 0 fully saturated rings. The van der Waals surface area contributed by atoms with Gasteiger partial charge in [-0.05, 0) is 98.0 Å². The average Bonchev–Trinajstić information content (AvgIpc) is 3.44. The summed E-state index contributed by atoms with van der Waals surface area (Å²) < 4.78 is 2.39. The van der Waals surface area contributed by atoms with Crippen molar-refractivity contribution in [3.63, 3.8) is 0 Å². The highest BCUT2D eigenvalue weighted by atomic mass is 15.2. The lowest BCUT2D eigenvalue weighted by molar-refractivity contribution is 0.855. The van der Waals surface area contributed by atoms with Gasteiger partial charge in [0.1, 0.15) is 0 Å². The monoisotopic (exact) mass is 607 g/mol. The average molecular weight is 608 g/mol. The van der Waals surface area contributed by atoms with Crippen LogP contribution in [0, 0.1) is 6.92 Å². The summed E-state index contributed by atoms with van der Waals surface area (Å²) in [7, 11) is 0. The molecule has 1 aliphatic rings. The van der Waals surface area contributed by atoms with E-state index in [1.54, 1.807) is 0 Å². The predicted octanol–water partition coefficient (Wildman–Crippen LogP) is 11.4. The molecule has 0 aliphatic carbocycles. The quantitative estimate of drug-likeness (QED) is 0.198. The third kappa shape index (κ3) is 5.34. The lowest BCUT2D eigenvalue weighted by atomic mass is 10.00. The van der Waals surface area contributed by atoms with Crippen LogP contribution < -0.4 is 4.90 Å². The molecule has 3 heterocycles. The van der Waals surface area contributed by atoms with Crippen molar-refractivity contribution < 1.29 is 0 Å². The van der Waals surface area contributed by atoms with Crippen molar-refractivity contribution in [3.05, 3.63) is 169 Å². The van der Waals surface area contributed by atoms with Crippen LogP contribution in [0.2, 0.25) is 0 Å². The molecule has 2 aromatic heterocycles. The van der Waals surface area contributed by atoms with Crippen LogP contribution in [-0.2, 0) is 6.42 Å². The van der Waals surface area contributed by atoms with Gasteiger partial charge >= 0.3 is 0 Å². The van der Waals surface area contributed by atoms with Crippen LogP contribution in [0.1, 0.15) is 25.0 Å². The second-order valence-corrected chi connectivity index (χ2v) is 12.7. The van der Waals surface area contributed by atoms with Crippen molar-refractivity contribution in [2.45, 2.75) is 33.2 Å². The van der Waals surface area contributed by atoms with Gasteiger partial charge in [-0.25, -0.2) is 0 Å². The molecule has 0 spiro atoms. The fourth-order valence-corrected chi connectivity index (χ4v) is 7.17. The van der Waals surface area contributed by atoms with Crippen molar-refractivity contribution in [1.29, 1.82) is 0 Å². The van der Waals surface area contributed by atoms with Crippen LogP contribution >= 0.6 is 0 Å². The zero-order chi connectivity index (χ0) is 31.9. The van der Waals surface area contributed by atoms with Crippen molar-refractivity contribution >= 4 is 33.2 Å². The molecule has 5 aromatic carbocycles. The molecule has 0 saturated carbocycles. The highest BCUT2D eigenvalue weighted by molar-refractivity contribution is 6.09. The summed E-state index contributed by atoms with van der Waals surface area (Å²) in [6, 6.07) is 44.4. The summed E-state index contributed by atoms with van der Waals surface area (Å²) in [4.78, 5) is 7.21. The normalized spacial score (nSPS) is 14.8. The number of para-hydroxylation sites is 2. The number of hydrogen-bond donors (Lipinski definition) is 0. The van der Waals surface area contributed by atoms with E-state index in [-0.39, 0.29) is 6.04 Å². The summed E-state index contributed by atoms with van der Waals surface area (Å²) in [5.74, 6) is 0. The van der Waals surface area contributed by atoms with E-state index in [2.05, 4.69) is 170 Å². The molecule has 1 unspecified atom stereocenters. The second kappa shape index (κ2) is 11.9. The molecule has 47 heavy (non-hydrogen) atoms. The van der Waals surface area contributed by atoms with Crippen molar-refractivity contribution in [1.82, 2.24) is 9.55 Å². The minimum Gasteiger partial charge on any atom is -0.335 e. The molecule has 1 atom stereocenters. The lowest BCUT2D eigenvalue weighted by Crippen LogP contribution is -2.27. The lowest BCUT2D eigenvalue weighted by Gasteiger charge is -2.32. The highest BCUT2D eigenvalue weighted by Gasteiger charge is 2.20. The Hall–Kier alpha value is -5.67. The number of anilines is 2. The Kier molecular flexibility index (Phi) is 7.30. The maximum Gasteiger partial charge on any atom is 0.0543 e. The van der Waals surface area contributed by atoms with Gasteiger partial charge in [0.2, 0.25) is 0 Å². The molecule has 3 nitrogen and oxygen atoms in total. The SMILES string of the molecule is CC1=CC(C)N(c2cccc(-c3cncc(-c4cccc(-n5c6ccccc6c6ccc(C)cc65)c4)c3)c2)c2ccccc2CC=C1. The van der Waals surface area contributed by atoms with E-state index in [0.29, 0.717) is 0 Å². The van der Waals surface area contributed by atoms with Gasteiger partial charge in [0.25, 0.3) is 0 Å². The molecule has 0 N–H and O–H groups in total. The second-order valence-electron chi connectivity index (χ2n) is 12.7. The highest BCUT2D eigenvalue weighted by Crippen LogP contribution is 2.37. The number of fused-ring (bicyclic) bond motifs is 4. The smallest absolute Gasteiger partial charge is 0.0543 e. The Bertz CT molecular complexity index is 2340. The molecule has 7 aromatic rings. The van der Waals surface area contributed by atoms with Gasteiger partial charge < -0.3 is 9.47 Å². The van der Waals surface area contributed by atoms with Gasteiger partial charge in [-0.15, -0.1) is 0 Å². The Morgan fingerprint density at radius 1 is 0.617 bits per heavy atom. The zero-order valence-corrected chi connectivity index (χ0v) is 27.1. The molecule has 228 valence electrons. The van der Waals surface area contributed by atoms with Crippen LogP contribution in [-0.4, -0.2) is 15.6 Å². The first-order chi connectivity index (χ1) is 23.0. The number of rotatable bonds is 4. The first-order valence-electron chi connectivity index (χ1n) is 16.4. The number of benzene rings is 5. The predicted molar refractivity (Wildman–Crippen MR) is 199 cm³/mol. The molecule has 3 heteroatoms. The van der Waals surface area contributed by atoms with Crippen LogP contribution in [0.4, 0.5) is 11.4 Å². The van der Waals surface area contributed by atoms with Gasteiger partial charge in [-0.1, -0.05) is 96.6 Å². The number of hydrogen-bond acceptors (Lipinski definition) is 2. The Balaban J connectivity index is 1.19. The van der Waals surface area contributed by atoms with Crippen LogP contribution in [0.25, 0.3) is 49.7 Å². The Morgan fingerprint density at radius 2 is 1.32 bits per heavy atom. The molecule has 1 aliphatic heterocycles. The molecule has 8 rings (SSSR count). The fourth-order valence-electron chi connectivity index (χ4n) is 7.17. The minimum atomic E-state index is 0.186. The van der Waals surface area contributed by atoms with Crippen molar-refractivity contribution in [2.75, 3.05) is 4.90 Å². The first kappa shape index (κ1) is 28.8. The molecular weight excluding hydrogens is 571 g/mol. The molecule has 0 saturated heterocycles. The summed E-state index contributed by atoms with van der Waals surface area (Å²) in [6.45, 7) is 6.62. The third-order valence-electron chi connectivity index (χ3n) is 9.34. The number of pyridine rings is 1. The molecule has 0 bridgehead atoms. The summed E-state index contributed by atoms with van der Waals surface area (Å²) in [5.41, 5.74) is 14.3. The van der Waals surface area contributed by atoms with Crippen LogP contribution in [0.3, 0.4) is 0 Å². The third-order valence-corrected chi connectivity index (χ3v) is 9.34. The summed E-state index contributed by atoms with van der Waals surface area (Å²) >= 11 is 0. The maximum absolute atomic E-state index is 4.75. The standard InChI is InChI=1S/C44H37N3/c1-30-11-8-13-33-12-4-6-19-42(33)46(32(3)23-30)38-16-9-14-34(26-38)36-25-37(29-45-28-36)35-15-10-17-39(27-35)47-43-20-7-5-18-40(43)41-22-21-31(2)24-44(41)47/h4-12,14-29,32H,13H2,1-3H3. The number of aryl methyl sites for hydroxylation is 1. The number of allylic oxidation sites excluding steroid dienone is 3. The van der Waals surface area contributed by atoms with E-state index in [4.69, 9.17) is 4.98 Å². The zero-order valence-electron chi connectivity index (χ0n) is 27.1. The molecular formula is C44H37N3. The Labute approximate surface area is 276 Å². The molecule has 0 radical (unpaired) electrons.